The van der Waals surface area contributed by atoms with Gasteiger partial charge < -0.3 is 0 Å². The highest BCUT2D eigenvalue weighted by molar-refractivity contribution is 8.33. The lowest BCUT2D eigenvalue weighted by atomic mass is 10.0. The third-order valence-corrected chi connectivity index (χ3v) is 13.5. The van der Waals surface area contributed by atoms with Gasteiger partial charge in [0.1, 0.15) is 0 Å². The predicted octanol–water partition coefficient (Wildman–Crippen LogP) is 10.4. The van der Waals surface area contributed by atoms with Crippen LogP contribution >= 0.6 is 22.1 Å². The Kier molecular flexibility index (Phi) is 10.1. The summed E-state index contributed by atoms with van der Waals surface area (Å²) in [5.74, 6) is -0.418. The van der Waals surface area contributed by atoms with Crippen LogP contribution < -0.4 is 0 Å². The minimum absolute atomic E-state index is 0.113. The molecule has 0 saturated carbocycles. The van der Waals surface area contributed by atoms with Crippen LogP contribution in [0.25, 0.3) is 0 Å². The molecule has 0 bridgehead atoms. The molecule has 0 heterocycles. The van der Waals surface area contributed by atoms with Gasteiger partial charge in [-0.25, -0.2) is 0 Å². The summed E-state index contributed by atoms with van der Waals surface area (Å²) in [7, 11) is -9.70. The summed E-state index contributed by atoms with van der Waals surface area (Å²) in [4.78, 5) is 28.0. The molecule has 1 unspecified atom stereocenters. The second kappa shape index (κ2) is 14.5. The molecule has 6 aromatic carbocycles. The average molecular weight is 729 g/mol. The second-order valence-electron chi connectivity index (χ2n) is 10.8. The van der Waals surface area contributed by atoms with Crippen LogP contribution in [0.15, 0.2) is 188 Å². The molecule has 0 radical (unpaired) electrons. The number of hydrogen-bond acceptors (Lipinski definition) is 6. The fourth-order valence-electron chi connectivity index (χ4n) is 5.13. The van der Waals surface area contributed by atoms with E-state index in [0.717, 1.165) is 4.90 Å². The first kappa shape index (κ1) is 34.9. The van der Waals surface area contributed by atoms with Crippen LogP contribution in [0, 0.1) is 0 Å². The van der Waals surface area contributed by atoms with Gasteiger partial charge in [0.15, 0.2) is 11.6 Å². The summed E-state index contributed by atoms with van der Waals surface area (Å²) >= 11 is 1.36. The summed E-state index contributed by atoms with van der Waals surface area (Å²) in [5, 5.41) is 0. The Balaban J connectivity index is 1.38. The molecule has 0 fully saturated rings. The van der Waals surface area contributed by atoms with Gasteiger partial charge in [0.25, 0.3) is 0 Å². The maximum absolute atomic E-state index is 14.0. The number of hydrogen-bond donors (Lipinski definition) is 0. The molecule has 0 spiro atoms. The first-order valence-corrected chi connectivity index (χ1v) is 18.8. The number of alkyl halides is 3. The molecule has 6 rings (SSSR count). The molecule has 0 aliphatic heterocycles. The zero-order chi connectivity index (χ0) is 35.4. The molecule has 0 amide bonds. The van der Waals surface area contributed by atoms with Crippen molar-refractivity contribution in [1.29, 1.82) is 0 Å². The van der Waals surface area contributed by atoms with Gasteiger partial charge in [-0.3, -0.25) is 9.59 Å². The number of carbonyl (C=O) groups is 2. The maximum Gasteiger partial charge on any atom is 0.524 e. The van der Waals surface area contributed by atoms with Crippen LogP contribution in [0.3, 0.4) is 0 Å². The molecule has 5 nitrogen and oxygen atoms in total. The lowest BCUT2D eigenvalue weighted by Gasteiger charge is -2.39. The Morgan fingerprint density at radius 3 is 1.20 bits per heavy atom. The maximum atomic E-state index is 14.0. The Hall–Kier alpha value is -4.94. The van der Waals surface area contributed by atoms with Crippen LogP contribution in [0.4, 0.5) is 13.2 Å². The molecule has 0 aromatic heterocycles. The van der Waals surface area contributed by atoms with E-state index < -0.39 is 25.9 Å². The van der Waals surface area contributed by atoms with Crippen molar-refractivity contribution in [3.05, 3.63) is 186 Å². The van der Waals surface area contributed by atoms with Crippen molar-refractivity contribution in [3.63, 3.8) is 0 Å². The smallest absolute Gasteiger partial charge is 0.289 e. The van der Waals surface area contributed by atoms with Gasteiger partial charge in [-0.15, -0.1) is 0 Å². The predicted molar refractivity (Wildman–Crippen MR) is 188 cm³/mol. The van der Waals surface area contributed by atoms with Crippen LogP contribution in [0.1, 0.15) is 31.8 Å². The third kappa shape index (κ3) is 7.31. The molecule has 50 heavy (non-hydrogen) atoms. The summed E-state index contributed by atoms with van der Waals surface area (Å²) in [6.07, 6.45) is 0. The van der Waals surface area contributed by atoms with E-state index in [9.17, 15) is 31.2 Å². The van der Waals surface area contributed by atoms with Crippen LogP contribution in [-0.2, 0) is 13.7 Å². The molecule has 252 valence electrons. The number of rotatable bonds is 11. The molecule has 0 saturated heterocycles. The highest BCUT2D eigenvalue weighted by Crippen LogP contribution is 2.70. The van der Waals surface area contributed by atoms with Crippen LogP contribution in [0.2, 0.25) is 0 Å². The van der Waals surface area contributed by atoms with E-state index in [1.54, 1.807) is 121 Å². The van der Waals surface area contributed by atoms with E-state index in [1.807, 2.05) is 6.07 Å². The summed E-state index contributed by atoms with van der Waals surface area (Å²) < 4.78 is 72.9. The van der Waals surface area contributed by atoms with Gasteiger partial charge in [0.2, 0.25) is 0 Å². The van der Waals surface area contributed by atoms with Crippen molar-refractivity contribution >= 4 is 43.8 Å². The van der Waals surface area contributed by atoms with Crippen LogP contribution in [-0.4, -0.2) is 25.5 Å². The van der Waals surface area contributed by atoms with Gasteiger partial charge in [0.05, 0.1) is 0 Å². The summed E-state index contributed by atoms with van der Waals surface area (Å²) in [5.41, 5.74) is -3.93. The van der Waals surface area contributed by atoms with Crippen molar-refractivity contribution in [2.75, 3.05) is 0 Å². The number of halogens is 3. The van der Waals surface area contributed by atoms with E-state index in [4.69, 9.17) is 3.63 Å². The zero-order valence-electron chi connectivity index (χ0n) is 26.0. The summed E-state index contributed by atoms with van der Waals surface area (Å²) in [6.45, 7) is 0. The molecular weight excluding hydrogens is 702 g/mol. The Labute approximate surface area is 293 Å². The molecule has 6 aromatic rings. The zero-order valence-corrected chi connectivity index (χ0v) is 28.4. The molecule has 0 N–H and O–H groups in total. The van der Waals surface area contributed by atoms with Crippen molar-refractivity contribution in [2.24, 2.45) is 0 Å². The molecule has 0 aliphatic carbocycles. The van der Waals surface area contributed by atoms with E-state index in [-0.39, 0.29) is 31.8 Å². The quantitative estimate of drug-likeness (QED) is 0.0976. The fraction of sp³-hybridized carbons (Fsp3) is 0.0256. The van der Waals surface area contributed by atoms with E-state index in [0.29, 0.717) is 21.6 Å². The number of benzene rings is 6. The van der Waals surface area contributed by atoms with Crippen molar-refractivity contribution in [2.45, 2.75) is 30.0 Å². The summed E-state index contributed by atoms with van der Waals surface area (Å²) in [6, 6.07) is 44.5. The topological polar surface area (TPSA) is 77.5 Å². The lowest BCUT2D eigenvalue weighted by Crippen LogP contribution is -2.27. The number of carbonyl (C=O) groups excluding carboxylic acids is 2. The molecular formula is C39H27F3O5S3. The third-order valence-electron chi connectivity index (χ3n) is 7.58. The molecule has 11 heteroatoms. The minimum Gasteiger partial charge on any atom is -0.289 e. The van der Waals surface area contributed by atoms with Crippen LogP contribution in [0.5, 0.6) is 0 Å². The molecule has 0 aliphatic rings. The van der Waals surface area contributed by atoms with Crippen molar-refractivity contribution in [1.82, 2.24) is 0 Å². The monoisotopic (exact) mass is 728 g/mol. The fourth-order valence-corrected chi connectivity index (χ4v) is 10.7. The van der Waals surface area contributed by atoms with Crippen molar-refractivity contribution < 1.29 is 34.8 Å². The van der Waals surface area contributed by atoms with E-state index in [2.05, 4.69) is 0 Å². The van der Waals surface area contributed by atoms with Crippen molar-refractivity contribution in [3.8, 4) is 0 Å². The van der Waals surface area contributed by atoms with Gasteiger partial charge in [-0.05, 0) is 95.2 Å². The highest BCUT2D eigenvalue weighted by Gasteiger charge is 2.52. The number of ketones is 2. The van der Waals surface area contributed by atoms with Gasteiger partial charge in [0, 0.05) is 46.7 Å². The lowest BCUT2D eigenvalue weighted by molar-refractivity contribution is -0.0496. The Morgan fingerprint density at radius 2 is 0.780 bits per heavy atom. The standard InChI is InChI=1S/C39H27F3O5S3/c40-39(41,42)50(45,46)47-49(34-14-8-3-9-15-34,35-24-18-31(19-25-35)38(44)29-12-6-2-7-13-29)36-26-22-33(23-27-36)48-32-20-16-30(17-21-32)37(43)28-10-4-1-5-11-28/h1-27H. The van der Waals surface area contributed by atoms with Gasteiger partial charge in [-0.1, -0.05) is 90.6 Å². The Morgan fingerprint density at radius 1 is 0.460 bits per heavy atom. The first-order valence-electron chi connectivity index (χ1n) is 15.1. The minimum atomic E-state index is -6.12. The van der Waals surface area contributed by atoms with Gasteiger partial charge in [-0.2, -0.15) is 25.2 Å². The largest absolute Gasteiger partial charge is 0.524 e. The highest BCUT2D eigenvalue weighted by atomic mass is 32.3. The van der Waals surface area contributed by atoms with Gasteiger partial charge >= 0.3 is 15.6 Å². The second-order valence-corrected chi connectivity index (χ2v) is 16.4. The first-order chi connectivity index (χ1) is 24.0. The van der Waals surface area contributed by atoms with E-state index in [1.165, 1.54) is 48.2 Å². The van der Waals surface area contributed by atoms with E-state index >= 15 is 0 Å². The SMILES string of the molecule is O=C(c1ccccc1)c1ccc(Sc2ccc(S(OS(=O)(=O)C(F)(F)F)(c3ccccc3)c3ccc(C(=O)c4ccccc4)cc3)cc2)cc1. The average Bonchev–Trinajstić information content (AvgIpc) is 3.14. The molecule has 1 atom stereocenters. The normalized spacial score (nSPS) is 13.6. The Bertz CT molecular complexity index is 2210.